The van der Waals surface area contributed by atoms with E-state index in [2.05, 4.69) is 4.98 Å². The van der Waals surface area contributed by atoms with Crippen LogP contribution in [0.4, 0.5) is 19.0 Å². The molecule has 6 rings (SSSR count). The van der Waals surface area contributed by atoms with E-state index in [1.54, 1.807) is 21.9 Å². The number of aromatic hydroxyl groups is 1. The number of benzene rings is 3. The standard InChI is InChI=1S/C32H33ClF3N5O3/c1-18-15-41(19(2)14-40(18)20(3)42)30-25-13-26(33)27(24-12-22(43)11-21-7-4-5-8-23(21)24)28(34)29(25)37-31(38-30)44-10-6-9-39-16-32(35,36)17-39/h4-5,7-8,11-13,18-19,43H,6,9-10,14-17H2,1-3H3/t18-,19+/m1/s1. The number of phenols is 1. The minimum absolute atomic E-state index is 0.00643. The van der Waals surface area contributed by atoms with Crippen LogP contribution in [0.1, 0.15) is 27.2 Å². The maximum absolute atomic E-state index is 16.7. The molecule has 3 aromatic carbocycles. The fourth-order valence-corrected chi connectivity index (χ4v) is 6.56. The van der Waals surface area contributed by atoms with Gasteiger partial charge in [0.25, 0.3) is 5.92 Å². The molecule has 0 aliphatic carbocycles. The molecule has 44 heavy (non-hydrogen) atoms. The van der Waals surface area contributed by atoms with Gasteiger partial charge < -0.3 is 19.6 Å². The zero-order valence-corrected chi connectivity index (χ0v) is 25.4. The van der Waals surface area contributed by atoms with E-state index in [0.717, 1.165) is 5.39 Å². The molecule has 2 aliphatic rings. The minimum Gasteiger partial charge on any atom is -0.508 e. The van der Waals surface area contributed by atoms with Gasteiger partial charge in [0, 0.05) is 49.6 Å². The smallest absolute Gasteiger partial charge is 0.319 e. The Balaban J connectivity index is 1.42. The minimum atomic E-state index is -2.64. The summed E-state index contributed by atoms with van der Waals surface area (Å²) in [6.07, 6.45) is 0.459. The number of halogens is 4. The predicted octanol–water partition coefficient (Wildman–Crippen LogP) is 6.11. The van der Waals surface area contributed by atoms with Gasteiger partial charge in [-0.3, -0.25) is 9.69 Å². The molecule has 2 fully saturated rings. The highest BCUT2D eigenvalue weighted by atomic mass is 35.5. The molecule has 0 bridgehead atoms. The van der Waals surface area contributed by atoms with E-state index in [1.165, 1.54) is 13.0 Å². The van der Waals surface area contributed by atoms with Gasteiger partial charge in [-0.2, -0.15) is 9.97 Å². The molecule has 4 aromatic rings. The monoisotopic (exact) mass is 627 g/mol. The van der Waals surface area contributed by atoms with Crippen LogP contribution in [0.25, 0.3) is 32.8 Å². The third-order valence-electron chi connectivity index (χ3n) is 8.38. The number of piperazine rings is 1. The van der Waals surface area contributed by atoms with Crippen molar-refractivity contribution in [2.75, 3.05) is 44.2 Å². The zero-order valence-electron chi connectivity index (χ0n) is 24.7. The molecule has 3 heterocycles. The van der Waals surface area contributed by atoms with Gasteiger partial charge in [-0.05, 0) is 54.8 Å². The molecule has 0 radical (unpaired) electrons. The highest BCUT2D eigenvalue weighted by Gasteiger charge is 2.43. The largest absolute Gasteiger partial charge is 0.508 e. The van der Waals surface area contributed by atoms with E-state index < -0.39 is 11.7 Å². The van der Waals surface area contributed by atoms with Crippen LogP contribution in [-0.4, -0.2) is 88.1 Å². The van der Waals surface area contributed by atoms with Gasteiger partial charge >= 0.3 is 6.01 Å². The molecular weight excluding hydrogens is 595 g/mol. The fourth-order valence-electron chi connectivity index (χ4n) is 6.27. The van der Waals surface area contributed by atoms with E-state index in [-0.39, 0.29) is 65.6 Å². The van der Waals surface area contributed by atoms with Crippen molar-refractivity contribution in [3.05, 3.63) is 53.3 Å². The number of hydrogen-bond donors (Lipinski definition) is 1. The molecular formula is C32H33ClF3N5O3. The van der Waals surface area contributed by atoms with Crippen LogP contribution >= 0.6 is 11.6 Å². The molecule has 2 atom stereocenters. The van der Waals surface area contributed by atoms with Crippen LogP contribution in [0, 0.1) is 5.82 Å². The van der Waals surface area contributed by atoms with Crippen molar-refractivity contribution < 1.29 is 27.8 Å². The van der Waals surface area contributed by atoms with Gasteiger partial charge in [-0.15, -0.1) is 0 Å². The van der Waals surface area contributed by atoms with Crippen LogP contribution in [0.3, 0.4) is 0 Å². The van der Waals surface area contributed by atoms with Gasteiger partial charge in [0.15, 0.2) is 5.82 Å². The number of rotatable bonds is 7. The molecule has 1 aromatic heterocycles. The third kappa shape index (κ3) is 5.70. The lowest BCUT2D eigenvalue weighted by molar-refractivity contribution is -0.132. The summed E-state index contributed by atoms with van der Waals surface area (Å²) >= 11 is 6.81. The summed E-state index contributed by atoms with van der Waals surface area (Å²) in [5, 5.41) is 12.4. The van der Waals surface area contributed by atoms with Gasteiger partial charge in [0.2, 0.25) is 5.91 Å². The Morgan fingerprint density at radius 1 is 1.09 bits per heavy atom. The summed E-state index contributed by atoms with van der Waals surface area (Å²) in [6, 6.07) is 11.7. The molecule has 1 amide bonds. The maximum Gasteiger partial charge on any atom is 0.319 e. The van der Waals surface area contributed by atoms with E-state index >= 15 is 4.39 Å². The number of likely N-dealkylation sites (tertiary alicyclic amines) is 1. The van der Waals surface area contributed by atoms with Crippen LogP contribution in [0.5, 0.6) is 11.8 Å². The number of carbonyl (C=O) groups is 1. The first-order chi connectivity index (χ1) is 20.9. The molecule has 12 heteroatoms. The van der Waals surface area contributed by atoms with Gasteiger partial charge in [0.05, 0.1) is 24.7 Å². The van der Waals surface area contributed by atoms with Gasteiger partial charge in [0.1, 0.15) is 17.1 Å². The van der Waals surface area contributed by atoms with Crippen molar-refractivity contribution in [1.29, 1.82) is 0 Å². The van der Waals surface area contributed by atoms with E-state index in [9.17, 15) is 18.7 Å². The van der Waals surface area contributed by atoms with Gasteiger partial charge in [-0.25, -0.2) is 13.2 Å². The zero-order chi connectivity index (χ0) is 31.3. The first-order valence-corrected chi connectivity index (χ1v) is 15.0. The van der Waals surface area contributed by atoms with Crippen molar-refractivity contribution in [2.45, 2.75) is 45.2 Å². The number of aromatic nitrogens is 2. The lowest BCUT2D eigenvalue weighted by Gasteiger charge is -2.44. The Morgan fingerprint density at radius 3 is 2.57 bits per heavy atom. The molecule has 2 saturated heterocycles. The molecule has 2 aliphatic heterocycles. The van der Waals surface area contributed by atoms with Crippen LogP contribution < -0.4 is 9.64 Å². The first kappa shape index (κ1) is 30.2. The number of anilines is 1. The maximum atomic E-state index is 16.7. The lowest BCUT2D eigenvalue weighted by atomic mass is 9.96. The Hall–Kier alpha value is -3.83. The summed E-state index contributed by atoms with van der Waals surface area (Å²) in [7, 11) is 0. The van der Waals surface area contributed by atoms with Crippen LogP contribution in [-0.2, 0) is 4.79 Å². The summed E-state index contributed by atoms with van der Waals surface area (Å²) in [5.41, 5.74) is 0.493. The number of phenolic OH excluding ortho intramolecular Hbond substituents is 1. The second-order valence-electron chi connectivity index (χ2n) is 11.8. The molecule has 232 valence electrons. The van der Waals surface area contributed by atoms with E-state index in [0.29, 0.717) is 48.2 Å². The normalized spacial score (nSPS) is 20.2. The molecule has 0 unspecified atom stereocenters. The molecule has 1 N–H and O–H groups in total. The predicted molar refractivity (Wildman–Crippen MR) is 164 cm³/mol. The van der Waals surface area contributed by atoms with Crippen LogP contribution in [0.15, 0.2) is 42.5 Å². The van der Waals surface area contributed by atoms with E-state index in [4.69, 9.17) is 21.3 Å². The summed E-state index contributed by atoms with van der Waals surface area (Å²) in [4.78, 5) is 26.8. The number of hydrogen-bond acceptors (Lipinski definition) is 7. The van der Waals surface area contributed by atoms with Crippen molar-refractivity contribution >= 4 is 45.0 Å². The van der Waals surface area contributed by atoms with E-state index in [1.807, 2.05) is 43.0 Å². The quantitative estimate of drug-likeness (QED) is 0.248. The number of amides is 1. The Labute approximate surface area is 258 Å². The topological polar surface area (TPSA) is 82.0 Å². The number of carbonyl (C=O) groups excluding carboxylic acids is 1. The summed E-state index contributed by atoms with van der Waals surface area (Å²) in [5.74, 6) is -2.98. The van der Waals surface area contributed by atoms with Crippen LogP contribution in [0.2, 0.25) is 5.02 Å². The second kappa shape index (κ2) is 11.6. The van der Waals surface area contributed by atoms with Gasteiger partial charge in [-0.1, -0.05) is 35.9 Å². The fraction of sp³-hybridized carbons (Fsp3) is 0.406. The second-order valence-corrected chi connectivity index (χ2v) is 12.2. The lowest BCUT2D eigenvalue weighted by Crippen LogP contribution is -2.58. The van der Waals surface area contributed by atoms with Crippen molar-refractivity contribution in [3.63, 3.8) is 0 Å². The Kier molecular flexibility index (Phi) is 7.96. The molecule has 0 spiro atoms. The number of ether oxygens (including phenoxy) is 1. The average Bonchev–Trinajstić information content (AvgIpc) is 2.95. The third-order valence-corrected chi connectivity index (χ3v) is 8.68. The van der Waals surface area contributed by atoms with Crippen molar-refractivity contribution in [2.24, 2.45) is 0 Å². The highest BCUT2D eigenvalue weighted by Crippen LogP contribution is 2.43. The SMILES string of the molecule is CC(=O)N1C[C@H](C)N(c2nc(OCCCN3CC(F)(F)C3)nc3c(F)c(-c4cc(O)cc5ccccc45)c(Cl)cc23)C[C@H]1C. The number of alkyl halides is 2. The number of nitrogens with zero attached hydrogens (tertiary/aromatic N) is 5. The first-order valence-electron chi connectivity index (χ1n) is 14.6. The molecule has 0 saturated carbocycles. The van der Waals surface area contributed by atoms with Crippen molar-refractivity contribution in [1.82, 2.24) is 19.8 Å². The summed E-state index contributed by atoms with van der Waals surface area (Å²) < 4.78 is 49.0. The Bertz CT molecular complexity index is 1750. The summed E-state index contributed by atoms with van der Waals surface area (Å²) in [6.45, 7) is 6.36. The Morgan fingerprint density at radius 2 is 1.84 bits per heavy atom. The van der Waals surface area contributed by atoms with Crippen molar-refractivity contribution in [3.8, 4) is 22.9 Å². The molecule has 8 nitrogen and oxygen atoms in total. The number of fused-ring (bicyclic) bond motifs is 2. The average molecular weight is 628 g/mol. The highest BCUT2D eigenvalue weighted by molar-refractivity contribution is 6.35.